The van der Waals surface area contributed by atoms with Crippen molar-refractivity contribution in [2.24, 2.45) is 0 Å². The summed E-state index contributed by atoms with van der Waals surface area (Å²) in [5.74, 6) is 0.605. The monoisotopic (exact) mass is 347 g/mol. The normalized spacial score (nSPS) is 11.7. The largest absolute Gasteiger partial charge is 0.389 e. The first-order chi connectivity index (χ1) is 8.90. The van der Waals surface area contributed by atoms with Crippen LogP contribution in [0.25, 0.3) is 11.2 Å². The molecule has 0 unspecified atom stereocenters. The van der Waals surface area contributed by atoms with Gasteiger partial charge in [-0.3, -0.25) is 0 Å². The SMILES string of the molecule is Cl.FC(F)(F)CCCn1c(CCl)nc2nc(Cl)ccc21. The maximum Gasteiger partial charge on any atom is 0.389 e. The number of hydrogen-bond acceptors (Lipinski definition) is 2. The van der Waals surface area contributed by atoms with E-state index in [0.717, 1.165) is 0 Å². The molecular weight excluding hydrogens is 337 g/mol. The molecule has 0 fully saturated rings. The first-order valence-corrected chi connectivity index (χ1v) is 6.46. The lowest BCUT2D eigenvalue weighted by Gasteiger charge is -2.09. The van der Waals surface area contributed by atoms with Gasteiger partial charge in [0, 0.05) is 13.0 Å². The van der Waals surface area contributed by atoms with Gasteiger partial charge in [-0.25, -0.2) is 9.97 Å². The Morgan fingerprint density at radius 2 is 1.90 bits per heavy atom. The van der Waals surface area contributed by atoms with Crippen LogP contribution in [0.1, 0.15) is 18.7 Å². The number of imidazole rings is 1. The molecular formula is C11H11Cl3F3N3. The molecule has 0 aliphatic rings. The van der Waals surface area contributed by atoms with Crippen molar-refractivity contribution in [3.63, 3.8) is 0 Å². The van der Waals surface area contributed by atoms with Gasteiger partial charge in [-0.05, 0) is 18.6 Å². The molecule has 0 spiro atoms. The van der Waals surface area contributed by atoms with Gasteiger partial charge in [-0.2, -0.15) is 13.2 Å². The smallest absolute Gasteiger partial charge is 0.326 e. The summed E-state index contributed by atoms with van der Waals surface area (Å²) in [6.07, 6.45) is -5.02. The van der Waals surface area contributed by atoms with Crippen LogP contribution in [0.5, 0.6) is 0 Å². The second-order valence-electron chi connectivity index (χ2n) is 4.01. The molecule has 20 heavy (non-hydrogen) atoms. The van der Waals surface area contributed by atoms with Crippen molar-refractivity contribution in [2.45, 2.75) is 31.4 Å². The van der Waals surface area contributed by atoms with E-state index < -0.39 is 12.6 Å². The molecule has 2 aromatic rings. The highest BCUT2D eigenvalue weighted by Gasteiger charge is 2.26. The highest BCUT2D eigenvalue weighted by atomic mass is 35.5. The van der Waals surface area contributed by atoms with Gasteiger partial charge in [-0.15, -0.1) is 24.0 Å². The molecule has 2 heterocycles. The lowest BCUT2D eigenvalue weighted by Crippen LogP contribution is -2.10. The van der Waals surface area contributed by atoms with E-state index in [0.29, 0.717) is 17.0 Å². The van der Waals surface area contributed by atoms with E-state index in [2.05, 4.69) is 9.97 Å². The van der Waals surface area contributed by atoms with Crippen molar-refractivity contribution in [3.05, 3.63) is 23.1 Å². The summed E-state index contributed by atoms with van der Waals surface area (Å²) in [6.45, 7) is 0.196. The van der Waals surface area contributed by atoms with Crippen LogP contribution < -0.4 is 0 Å². The van der Waals surface area contributed by atoms with Crippen molar-refractivity contribution in [2.75, 3.05) is 0 Å². The van der Waals surface area contributed by atoms with Crippen molar-refractivity contribution in [3.8, 4) is 0 Å². The molecule has 0 saturated carbocycles. The van der Waals surface area contributed by atoms with Crippen LogP contribution in [0.15, 0.2) is 12.1 Å². The Bertz CT molecular complexity index is 583. The second-order valence-corrected chi connectivity index (χ2v) is 4.66. The maximum absolute atomic E-state index is 12.2. The van der Waals surface area contributed by atoms with E-state index in [4.69, 9.17) is 23.2 Å². The van der Waals surface area contributed by atoms with E-state index in [-0.39, 0.29) is 36.4 Å². The highest BCUT2D eigenvalue weighted by Crippen LogP contribution is 2.24. The number of halogens is 6. The molecule has 0 saturated heterocycles. The molecule has 0 amide bonds. The van der Waals surface area contributed by atoms with Crippen LogP contribution in [0.2, 0.25) is 5.15 Å². The van der Waals surface area contributed by atoms with Crippen LogP contribution in [-0.4, -0.2) is 20.7 Å². The van der Waals surface area contributed by atoms with Gasteiger partial charge in [0.05, 0.1) is 11.4 Å². The Balaban J connectivity index is 0.00000200. The van der Waals surface area contributed by atoms with Crippen LogP contribution in [0.3, 0.4) is 0 Å². The summed E-state index contributed by atoms with van der Waals surface area (Å²) in [4.78, 5) is 8.18. The van der Waals surface area contributed by atoms with Crippen molar-refractivity contribution < 1.29 is 13.2 Å². The molecule has 2 aromatic heterocycles. The van der Waals surface area contributed by atoms with Gasteiger partial charge in [0.25, 0.3) is 0 Å². The summed E-state index contributed by atoms with van der Waals surface area (Å²) >= 11 is 11.5. The summed E-state index contributed by atoms with van der Waals surface area (Å²) < 4.78 is 38.1. The summed E-state index contributed by atoms with van der Waals surface area (Å²) in [5, 5.41) is 0.286. The minimum absolute atomic E-state index is 0. The van der Waals surface area contributed by atoms with Gasteiger partial charge >= 0.3 is 6.18 Å². The molecule has 112 valence electrons. The maximum atomic E-state index is 12.2. The zero-order chi connectivity index (χ0) is 14.0. The van der Waals surface area contributed by atoms with Gasteiger partial charge in [0.2, 0.25) is 0 Å². The van der Waals surface area contributed by atoms with Crippen molar-refractivity contribution >= 4 is 46.8 Å². The first kappa shape index (κ1) is 17.3. The molecule has 0 aliphatic carbocycles. The predicted molar refractivity (Wildman–Crippen MR) is 74.6 cm³/mol. The number of aryl methyl sites for hydroxylation is 1. The fraction of sp³-hybridized carbons (Fsp3) is 0.455. The fourth-order valence-corrected chi connectivity index (χ4v) is 2.17. The number of aromatic nitrogens is 3. The summed E-state index contributed by atoms with van der Waals surface area (Å²) in [5.41, 5.74) is 1.04. The van der Waals surface area contributed by atoms with E-state index >= 15 is 0 Å². The summed E-state index contributed by atoms with van der Waals surface area (Å²) in [7, 11) is 0. The number of pyridine rings is 1. The van der Waals surface area contributed by atoms with Gasteiger partial charge in [-0.1, -0.05) is 11.6 Å². The minimum Gasteiger partial charge on any atom is -0.326 e. The Kier molecular flexibility index (Phi) is 5.91. The van der Waals surface area contributed by atoms with Gasteiger partial charge in [0.15, 0.2) is 5.65 Å². The minimum atomic E-state index is -4.15. The quantitative estimate of drug-likeness (QED) is 0.598. The number of nitrogens with zero attached hydrogens (tertiary/aromatic N) is 3. The average molecular weight is 349 g/mol. The standard InChI is InChI=1S/C11H10Cl2F3N3.ClH/c12-6-9-18-10-7(2-3-8(13)17-10)19(9)5-1-4-11(14,15)16;/h2-3H,1,4-6H2;1H. The van der Waals surface area contributed by atoms with Crippen LogP contribution >= 0.6 is 35.6 Å². The zero-order valence-electron chi connectivity index (χ0n) is 10.1. The van der Waals surface area contributed by atoms with Gasteiger partial charge < -0.3 is 4.57 Å². The molecule has 9 heteroatoms. The Morgan fingerprint density at radius 3 is 2.50 bits per heavy atom. The van der Waals surface area contributed by atoms with Crippen LogP contribution in [0.4, 0.5) is 13.2 Å². The molecule has 0 radical (unpaired) electrons. The number of rotatable bonds is 4. The van der Waals surface area contributed by atoms with Crippen molar-refractivity contribution in [1.29, 1.82) is 0 Å². The zero-order valence-corrected chi connectivity index (χ0v) is 12.5. The van der Waals surface area contributed by atoms with E-state index in [1.807, 2.05) is 0 Å². The van der Waals surface area contributed by atoms with Crippen LogP contribution in [-0.2, 0) is 12.4 Å². The molecule has 0 aromatic carbocycles. The average Bonchev–Trinajstić information content (AvgIpc) is 2.65. The Hall–Kier alpha value is -0.720. The van der Waals surface area contributed by atoms with E-state index in [1.165, 1.54) is 0 Å². The summed E-state index contributed by atoms with van der Waals surface area (Å²) in [6, 6.07) is 3.26. The molecule has 0 atom stereocenters. The third-order valence-electron chi connectivity index (χ3n) is 2.62. The number of fused-ring (bicyclic) bond motifs is 1. The molecule has 0 bridgehead atoms. The first-order valence-electron chi connectivity index (χ1n) is 5.55. The molecule has 0 N–H and O–H groups in total. The van der Waals surface area contributed by atoms with E-state index in [9.17, 15) is 13.2 Å². The lowest BCUT2D eigenvalue weighted by atomic mass is 10.3. The molecule has 3 nitrogen and oxygen atoms in total. The lowest BCUT2D eigenvalue weighted by molar-refractivity contribution is -0.135. The second kappa shape index (κ2) is 6.83. The van der Waals surface area contributed by atoms with Crippen LogP contribution in [0, 0.1) is 0 Å². The predicted octanol–water partition coefficient (Wildman–Crippen LogP) is 4.59. The third kappa shape index (κ3) is 4.14. The fourth-order valence-electron chi connectivity index (χ4n) is 1.82. The molecule has 2 rings (SSSR count). The molecule has 0 aliphatic heterocycles. The number of hydrogen-bond donors (Lipinski definition) is 0. The Labute approximate surface area is 129 Å². The third-order valence-corrected chi connectivity index (χ3v) is 3.07. The highest BCUT2D eigenvalue weighted by molar-refractivity contribution is 6.29. The number of alkyl halides is 4. The topological polar surface area (TPSA) is 30.7 Å². The van der Waals surface area contributed by atoms with Crippen molar-refractivity contribution in [1.82, 2.24) is 14.5 Å². The Morgan fingerprint density at radius 1 is 1.20 bits per heavy atom. The van der Waals surface area contributed by atoms with E-state index in [1.54, 1.807) is 16.7 Å². The van der Waals surface area contributed by atoms with Gasteiger partial charge in [0.1, 0.15) is 11.0 Å².